The lowest BCUT2D eigenvalue weighted by atomic mass is 10.1. The highest BCUT2D eigenvalue weighted by atomic mass is 16.4. The van der Waals surface area contributed by atoms with Crippen molar-refractivity contribution in [2.24, 2.45) is 10.4 Å². The van der Waals surface area contributed by atoms with E-state index in [2.05, 4.69) is 20.6 Å². The predicted molar refractivity (Wildman–Crippen MR) is 77.5 cm³/mol. The summed E-state index contributed by atoms with van der Waals surface area (Å²) in [6, 6.07) is 0. The maximum Gasteiger partial charge on any atom is 0.216 e. The highest BCUT2D eigenvalue weighted by Gasteiger charge is 2.41. The fraction of sp³-hybridized carbons (Fsp3) is 0.714. The van der Waals surface area contributed by atoms with Gasteiger partial charge in [-0.05, 0) is 33.6 Å². The summed E-state index contributed by atoms with van der Waals surface area (Å²) in [4.78, 5) is 8.77. The number of aliphatic hydroxyl groups is 1. The van der Waals surface area contributed by atoms with E-state index in [0.29, 0.717) is 12.4 Å². The topological polar surface area (TPSA) is 82.7 Å². The number of nitrogens with zero attached hydrogens (tertiary/aromatic N) is 2. The van der Waals surface area contributed by atoms with Gasteiger partial charge in [-0.3, -0.25) is 0 Å². The van der Waals surface area contributed by atoms with Gasteiger partial charge in [0.25, 0.3) is 0 Å². The predicted octanol–water partition coefficient (Wildman–Crippen LogP) is 1.12. The first-order chi connectivity index (χ1) is 9.58. The molecule has 6 heteroatoms. The third-order valence-corrected chi connectivity index (χ3v) is 3.71. The average molecular weight is 280 g/mol. The highest BCUT2D eigenvalue weighted by molar-refractivity contribution is 5.79. The van der Waals surface area contributed by atoms with E-state index in [1.165, 1.54) is 0 Å². The summed E-state index contributed by atoms with van der Waals surface area (Å²) in [5.74, 6) is 2.20. The van der Waals surface area contributed by atoms with Crippen molar-refractivity contribution < 1.29 is 9.52 Å². The van der Waals surface area contributed by atoms with Gasteiger partial charge in [0.05, 0.1) is 12.3 Å². The Hall–Kier alpha value is -1.56. The van der Waals surface area contributed by atoms with Crippen LogP contribution in [0.4, 0.5) is 0 Å². The van der Waals surface area contributed by atoms with Crippen LogP contribution in [0.15, 0.2) is 9.41 Å². The molecule has 0 unspecified atom stereocenters. The van der Waals surface area contributed by atoms with Crippen molar-refractivity contribution in [2.45, 2.75) is 40.2 Å². The Kier molecular flexibility index (Phi) is 4.65. The number of aliphatic imine (C=N–C) groups is 1. The SMILES string of the molecule is CCNC(=NCc1nc(C)c(C)o1)NCC1(CO)CC1. The molecule has 0 spiro atoms. The summed E-state index contributed by atoms with van der Waals surface area (Å²) >= 11 is 0. The molecule has 1 saturated carbocycles. The lowest BCUT2D eigenvalue weighted by Gasteiger charge is -2.16. The summed E-state index contributed by atoms with van der Waals surface area (Å²) in [7, 11) is 0. The van der Waals surface area contributed by atoms with E-state index < -0.39 is 0 Å². The van der Waals surface area contributed by atoms with Crippen molar-refractivity contribution in [3.05, 3.63) is 17.3 Å². The van der Waals surface area contributed by atoms with E-state index in [0.717, 1.165) is 43.3 Å². The molecule has 3 N–H and O–H groups in total. The summed E-state index contributed by atoms with van der Waals surface area (Å²) in [5.41, 5.74) is 0.970. The summed E-state index contributed by atoms with van der Waals surface area (Å²) in [5, 5.41) is 15.8. The number of hydrogen-bond donors (Lipinski definition) is 3. The van der Waals surface area contributed by atoms with Gasteiger partial charge in [-0.1, -0.05) is 0 Å². The van der Waals surface area contributed by atoms with Gasteiger partial charge in [0, 0.05) is 18.5 Å². The maximum atomic E-state index is 9.32. The Morgan fingerprint density at radius 2 is 2.15 bits per heavy atom. The zero-order chi connectivity index (χ0) is 14.6. The van der Waals surface area contributed by atoms with E-state index in [1.807, 2.05) is 20.8 Å². The van der Waals surface area contributed by atoms with Crippen molar-refractivity contribution in [1.29, 1.82) is 0 Å². The number of oxazole rings is 1. The third kappa shape index (κ3) is 3.72. The third-order valence-electron chi connectivity index (χ3n) is 3.71. The van der Waals surface area contributed by atoms with Crippen LogP contribution in [0.2, 0.25) is 0 Å². The molecule has 20 heavy (non-hydrogen) atoms. The second kappa shape index (κ2) is 6.26. The van der Waals surface area contributed by atoms with Crippen LogP contribution in [0.5, 0.6) is 0 Å². The Labute approximate surface area is 119 Å². The van der Waals surface area contributed by atoms with Gasteiger partial charge < -0.3 is 20.2 Å². The molecule has 1 aromatic rings. The van der Waals surface area contributed by atoms with Gasteiger partial charge in [-0.15, -0.1) is 0 Å². The van der Waals surface area contributed by atoms with Crippen LogP contribution >= 0.6 is 0 Å². The Morgan fingerprint density at radius 1 is 1.40 bits per heavy atom. The first-order valence-electron chi connectivity index (χ1n) is 7.14. The number of hydrogen-bond acceptors (Lipinski definition) is 4. The minimum absolute atomic E-state index is 0.0618. The lowest BCUT2D eigenvalue weighted by Crippen LogP contribution is -2.41. The Balaban J connectivity index is 1.91. The van der Waals surface area contributed by atoms with Crippen LogP contribution < -0.4 is 10.6 Å². The molecule has 0 amide bonds. The van der Waals surface area contributed by atoms with Crippen LogP contribution in [-0.4, -0.2) is 35.7 Å². The normalized spacial score (nSPS) is 17.1. The van der Waals surface area contributed by atoms with Crippen molar-refractivity contribution in [2.75, 3.05) is 19.7 Å². The van der Waals surface area contributed by atoms with Gasteiger partial charge in [0.2, 0.25) is 5.89 Å². The Morgan fingerprint density at radius 3 is 2.65 bits per heavy atom. The number of guanidine groups is 1. The van der Waals surface area contributed by atoms with Crippen LogP contribution in [0.25, 0.3) is 0 Å². The van der Waals surface area contributed by atoms with Crippen molar-refractivity contribution in [3.63, 3.8) is 0 Å². The summed E-state index contributed by atoms with van der Waals surface area (Å²) in [6.07, 6.45) is 2.15. The molecule has 0 bridgehead atoms. The molecule has 1 aromatic heterocycles. The van der Waals surface area contributed by atoms with Gasteiger partial charge in [0.1, 0.15) is 12.3 Å². The highest BCUT2D eigenvalue weighted by Crippen LogP contribution is 2.44. The van der Waals surface area contributed by atoms with Crippen LogP contribution in [-0.2, 0) is 6.54 Å². The molecular weight excluding hydrogens is 256 g/mol. The van der Waals surface area contributed by atoms with E-state index in [4.69, 9.17) is 4.42 Å². The molecular formula is C14H24N4O2. The molecule has 1 heterocycles. The quantitative estimate of drug-likeness (QED) is 0.537. The second-order valence-electron chi connectivity index (χ2n) is 5.46. The molecule has 112 valence electrons. The second-order valence-corrected chi connectivity index (χ2v) is 5.46. The van der Waals surface area contributed by atoms with Crippen molar-refractivity contribution >= 4 is 5.96 Å². The minimum Gasteiger partial charge on any atom is -0.444 e. The van der Waals surface area contributed by atoms with Gasteiger partial charge >= 0.3 is 0 Å². The fourth-order valence-corrected chi connectivity index (χ4v) is 1.93. The van der Waals surface area contributed by atoms with E-state index in [-0.39, 0.29) is 12.0 Å². The van der Waals surface area contributed by atoms with E-state index >= 15 is 0 Å². The minimum atomic E-state index is 0.0618. The molecule has 1 aliphatic rings. The van der Waals surface area contributed by atoms with Gasteiger partial charge in [-0.2, -0.15) is 0 Å². The molecule has 0 saturated heterocycles. The standard InChI is InChI=1S/C14H24N4O2/c1-4-15-13(17-8-14(9-19)5-6-14)16-7-12-18-10(2)11(3)20-12/h19H,4-9H2,1-3H3,(H2,15,16,17). The van der Waals surface area contributed by atoms with Crippen molar-refractivity contribution in [1.82, 2.24) is 15.6 Å². The largest absolute Gasteiger partial charge is 0.444 e. The summed E-state index contributed by atoms with van der Waals surface area (Å²) in [6.45, 7) is 8.04. The van der Waals surface area contributed by atoms with Gasteiger partial charge in [-0.25, -0.2) is 9.98 Å². The van der Waals surface area contributed by atoms with E-state index in [1.54, 1.807) is 0 Å². The molecule has 0 radical (unpaired) electrons. The van der Waals surface area contributed by atoms with E-state index in [9.17, 15) is 5.11 Å². The molecule has 0 aromatic carbocycles. The van der Waals surface area contributed by atoms with Crippen LogP contribution in [0.1, 0.15) is 37.1 Å². The first-order valence-corrected chi connectivity index (χ1v) is 7.14. The number of nitrogens with one attached hydrogen (secondary N) is 2. The zero-order valence-corrected chi connectivity index (χ0v) is 12.5. The molecule has 0 atom stereocenters. The monoisotopic (exact) mass is 280 g/mol. The lowest BCUT2D eigenvalue weighted by molar-refractivity contribution is 0.212. The van der Waals surface area contributed by atoms with Crippen molar-refractivity contribution in [3.8, 4) is 0 Å². The van der Waals surface area contributed by atoms with Gasteiger partial charge in [0.15, 0.2) is 5.96 Å². The molecule has 6 nitrogen and oxygen atoms in total. The molecule has 2 rings (SSSR count). The zero-order valence-electron chi connectivity index (χ0n) is 12.5. The van der Waals surface area contributed by atoms with Crippen LogP contribution in [0.3, 0.4) is 0 Å². The molecule has 0 aliphatic heterocycles. The average Bonchev–Trinajstić information content (AvgIpc) is 3.15. The first kappa shape index (κ1) is 14.8. The number of rotatable bonds is 6. The summed E-state index contributed by atoms with van der Waals surface area (Å²) < 4.78 is 5.51. The number of aryl methyl sites for hydroxylation is 2. The Bertz CT molecular complexity index is 458. The van der Waals surface area contributed by atoms with Crippen LogP contribution in [0, 0.1) is 19.3 Å². The number of aromatic nitrogens is 1. The fourth-order valence-electron chi connectivity index (χ4n) is 1.93. The molecule has 1 fully saturated rings. The smallest absolute Gasteiger partial charge is 0.216 e. The number of aliphatic hydroxyl groups excluding tert-OH is 1. The maximum absolute atomic E-state index is 9.32. The molecule has 1 aliphatic carbocycles.